The number of thiophene rings is 1. The summed E-state index contributed by atoms with van der Waals surface area (Å²) in [6, 6.07) is 1.99. The molecule has 98 valence electrons. The Labute approximate surface area is 110 Å². The number of amidine groups is 1. The van der Waals surface area contributed by atoms with Crippen LogP contribution in [-0.2, 0) is 12.8 Å². The molecule has 3 N–H and O–H groups in total. The topological polar surface area (TPSA) is 78.9 Å². The van der Waals surface area contributed by atoms with Crippen LogP contribution in [0.5, 0.6) is 0 Å². The lowest BCUT2D eigenvalue weighted by atomic mass is 10.2. The number of rotatable bonds is 4. The minimum absolute atomic E-state index is 0.0384. The number of oxime groups is 1. The van der Waals surface area contributed by atoms with Crippen molar-refractivity contribution in [2.24, 2.45) is 10.9 Å². The first kappa shape index (κ1) is 12.9. The Morgan fingerprint density at radius 2 is 2.39 bits per heavy atom. The molecule has 1 aliphatic carbocycles. The summed E-state index contributed by atoms with van der Waals surface area (Å²) < 4.78 is 0. The van der Waals surface area contributed by atoms with Crippen molar-refractivity contribution in [1.29, 1.82) is 0 Å². The van der Waals surface area contributed by atoms with Crippen molar-refractivity contribution in [3.8, 4) is 0 Å². The molecule has 1 aromatic heterocycles. The molecule has 0 atom stereocenters. The summed E-state index contributed by atoms with van der Waals surface area (Å²) in [5.74, 6) is 0.0118. The van der Waals surface area contributed by atoms with Gasteiger partial charge in [-0.1, -0.05) is 5.16 Å². The van der Waals surface area contributed by atoms with Crippen molar-refractivity contribution in [3.05, 3.63) is 21.4 Å². The van der Waals surface area contributed by atoms with E-state index in [0.717, 1.165) is 17.7 Å². The molecule has 18 heavy (non-hydrogen) atoms. The molecule has 0 saturated carbocycles. The zero-order chi connectivity index (χ0) is 13.1. The van der Waals surface area contributed by atoms with Gasteiger partial charge in [-0.15, -0.1) is 11.3 Å². The number of hydrogen-bond donors (Lipinski definition) is 2. The fourth-order valence-electron chi connectivity index (χ4n) is 2.14. The van der Waals surface area contributed by atoms with E-state index >= 15 is 0 Å². The SMILES string of the molecule is CCN(CC(N)=NO)C(=O)c1cc2c(s1)CCC2. The average molecular weight is 267 g/mol. The third-order valence-electron chi connectivity index (χ3n) is 3.11. The average Bonchev–Trinajstić information content (AvgIpc) is 2.95. The second-order valence-corrected chi connectivity index (χ2v) is 5.46. The van der Waals surface area contributed by atoms with Crippen molar-refractivity contribution in [1.82, 2.24) is 4.90 Å². The number of fused-ring (bicyclic) bond motifs is 1. The second-order valence-electron chi connectivity index (χ2n) is 4.32. The number of hydrogen-bond acceptors (Lipinski definition) is 4. The zero-order valence-corrected chi connectivity index (χ0v) is 11.2. The first-order valence-electron chi connectivity index (χ1n) is 6.03. The summed E-state index contributed by atoms with van der Waals surface area (Å²) in [6.45, 7) is 2.58. The Hall–Kier alpha value is -1.56. The molecule has 0 saturated heterocycles. The number of aryl methyl sites for hydroxylation is 2. The molecule has 0 unspecified atom stereocenters. The molecule has 1 aliphatic rings. The highest BCUT2D eigenvalue weighted by Gasteiger charge is 2.22. The van der Waals surface area contributed by atoms with Crippen LogP contribution >= 0.6 is 11.3 Å². The largest absolute Gasteiger partial charge is 0.409 e. The molecule has 0 bridgehead atoms. The predicted octanol–water partition coefficient (Wildman–Crippen LogP) is 1.45. The van der Waals surface area contributed by atoms with Crippen LogP contribution in [0.4, 0.5) is 0 Å². The smallest absolute Gasteiger partial charge is 0.264 e. The minimum atomic E-state index is -0.0384. The summed E-state index contributed by atoms with van der Waals surface area (Å²) in [4.78, 5) is 15.9. The van der Waals surface area contributed by atoms with Crippen LogP contribution in [0.2, 0.25) is 0 Å². The van der Waals surface area contributed by atoms with E-state index in [2.05, 4.69) is 5.16 Å². The molecule has 0 spiro atoms. The van der Waals surface area contributed by atoms with Gasteiger partial charge in [0, 0.05) is 11.4 Å². The van der Waals surface area contributed by atoms with Crippen LogP contribution in [-0.4, -0.2) is 34.9 Å². The summed E-state index contributed by atoms with van der Waals surface area (Å²) in [6.07, 6.45) is 3.35. The van der Waals surface area contributed by atoms with Crippen LogP contribution in [0.1, 0.15) is 33.5 Å². The Balaban J connectivity index is 2.13. The zero-order valence-electron chi connectivity index (χ0n) is 10.3. The van der Waals surface area contributed by atoms with Gasteiger partial charge in [0.1, 0.15) is 0 Å². The third kappa shape index (κ3) is 2.48. The van der Waals surface area contributed by atoms with E-state index in [1.54, 1.807) is 16.2 Å². The maximum Gasteiger partial charge on any atom is 0.264 e. The van der Waals surface area contributed by atoms with E-state index in [-0.39, 0.29) is 18.3 Å². The first-order chi connectivity index (χ1) is 8.65. The van der Waals surface area contributed by atoms with Gasteiger partial charge in [0.05, 0.1) is 11.4 Å². The molecule has 2 rings (SSSR count). The minimum Gasteiger partial charge on any atom is -0.409 e. The van der Waals surface area contributed by atoms with Gasteiger partial charge >= 0.3 is 0 Å². The van der Waals surface area contributed by atoms with Crippen molar-refractivity contribution >= 4 is 23.1 Å². The quantitative estimate of drug-likeness (QED) is 0.375. The molecule has 0 aliphatic heterocycles. The Morgan fingerprint density at radius 1 is 1.61 bits per heavy atom. The molecule has 0 radical (unpaired) electrons. The molecular weight excluding hydrogens is 250 g/mol. The first-order valence-corrected chi connectivity index (χ1v) is 6.84. The van der Waals surface area contributed by atoms with Gasteiger partial charge in [-0.2, -0.15) is 0 Å². The maximum absolute atomic E-state index is 12.3. The van der Waals surface area contributed by atoms with E-state index < -0.39 is 0 Å². The Bertz CT molecular complexity index is 460. The second kappa shape index (κ2) is 5.39. The molecule has 0 fully saturated rings. The van der Waals surface area contributed by atoms with Gasteiger partial charge in [-0.25, -0.2) is 0 Å². The molecular formula is C12H17N3O2S. The van der Waals surface area contributed by atoms with Gasteiger partial charge in [0.15, 0.2) is 5.84 Å². The lowest BCUT2D eigenvalue weighted by Gasteiger charge is -2.19. The van der Waals surface area contributed by atoms with Crippen LogP contribution in [0, 0.1) is 0 Å². The van der Waals surface area contributed by atoms with Crippen LogP contribution in [0.3, 0.4) is 0 Å². The number of likely N-dealkylation sites (N-methyl/N-ethyl adjacent to an activating group) is 1. The summed E-state index contributed by atoms with van der Waals surface area (Å²) >= 11 is 1.57. The molecule has 1 amide bonds. The van der Waals surface area contributed by atoms with Gasteiger partial charge < -0.3 is 15.8 Å². The molecule has 0 aromatic carbocycles. The van der Waals surface area contributed by atoms with E-state index in [4.69, 9.17) is 10.9 Å². The highest BCUT2D eigenvalue weighted by molar-refractivity contribution is 7.14. The fourth-order valence-corrected chi connectivity index (χ4v) is 3.37. The van der Waals surface area contributed by atoms with E-state index in [1.165, 1.54) is 16.9 Å². The highest BCUT2D eigenvalue weighted by Crippen LogP contribution is 2.31. The van der Waals surface area contributed by atoms with Crippen LogP contribution in [0.25, 0.3) is 0 Å². The highest BCUT2D eigenvalue weighted by atomic mass is 32.1. The fraction of sp³-hybridized carbons (Fsp3) is 0.500. The summed E-state index contributed by atoms with van der Waals surface area (Å²) in [5, 5.41) is 11.5. The van der Waals surface area contributed by atoms with Crippen LogP contribution in [0.15, 0.2) is 11.2 Å². The standard InChI is InChI=1S/C12H17N3O2S/c1-2-15(7-11(13)14-17)12(16)10-6-8-4-3-5-9(8)18-10/h6,17H,2-5,7H2,1H3,(H2,13,14). The van der Waals surface area contributed by atoms with Crippen LogP contribution < -0.4 is 5.73 Å². The maximum atomic E-state index is 12.3. The van der Waals surface area contributed by atoms with E-state index in [1.807, 2.05) is 13.0 Å². The van der Waals surface area contributed by atoms with E-state index in [9.17, 15) is 4.79 Å². The van der Waals surface area contributed by atoms with E-state index in [0.29, 0.717) is 6.54 Å². The van der Waals surface area contributed by atoms with Gasteiger partial charge in [0.25, 0.3) is 5.91 Å². The number of carbonyl (C=O) groups excluding carboxylic acids is 1. The van der Waals surface area contributed by atoms with Crippen molar-refractivity contribution in [3.63, 3.8) is 0 Å². The number of amides is 1. The third-order valence-corrected chi connectivity index (χ3v) is 4.33. The Morgan fingerprint density at radius 3 is 3.00 bits per heavy atom. The number of nitrogens with zero attached hydrogens (tertiary/aromatic N) is 2. The Kier molecular flexibility index (Phi) is 3.86. The van der Waals surface area contributed by atoms with Crippen molar-refractivity contribution in [2.75, 3.05) is 13.1 Å². The molecule has 1 aromatic rings. The molecule has 5 nitrogen and oxygen atoms in total. The predicted molar refractivity (Wildman–Crippen MR) is 71.3 cm³/mol. The summed E-state index contributed by atoms with van der Waals surface area (Å²) in [5.41, 5.74) is 6.76. The van der Waals surface area contributed by atoms with Crippen molar-refractivity contribution in [2.45, 2.75) is 26.2 Å². The number of carbonyl (C=O) groups is 1. The lowest BCUT2D eigenvalue weighted by molar-refractivity contribution is 0.0791. The lowest BCUT2D eigenvalue weighted by Crippen LogP contribution is -2.38. The van der Waals surface area contributed by atoms with Gasteiger partial charge in [-0.05, 0) is 37.8 Å². The van der Waals surface area contributed by atoms with Gasteiger partial charge in [0.2, 0.25) is 0 Å². The normalized spacial score (nSPS) is 14.6. The monoisotopic (exact) mass is 267 g/mol. The summed E-state index contributed by atoms with van der Waals surface area (Å²) in [7, 11) is 0. The number of nitrogens with two attached hydrogens (primary N) is 1. The van der Waals surface area contributed by atoms with Gasteiger partial charge in [-0.3, -0.25) is 4.79 Å². The molecule has 1 heterocycles. The van der Waals surface area contributed by atoms with Crippen molar-refractivity contribution < 1.29 is 10.0 Å². The molecule has 6 heteroatoms.